The number of rotatable bonds is 6. The Kier molecular flexibility index (Phi) is 6.15. The third kappa shape index (κ3) is 5.28. The average molecular weight is 300 g/mol. The minimum Gasteiger partial charge on any atom is -0.330 e. The van der Waals surface area contributed by atoms with Gasteiger partial charge >= 0.3 is 0 Å². The van der Waals surface area contributed by atoms with Gasteiger partial charge in [-0.25, -0.2) is 4.98 Å². The Morgan fingerprint density at radius 2 is 2.35 bits per heavy atom. The maximum atomic E-state index is 11.7. The van der Waals surface area contributed by atoms with Crippen molar-refractivity contribution >= 4 is 27.5 Å². The lowest BCUT2D eigenvalue weighted by atomic mass is 10.0. The van der Waals surface area contributed by atoms with Crippen LogP contribution in [0.2, 0.25) is 0 Å². The number of nitrogens with zero attached hydrogens (tertiary/aromatic N) is 1. The SMILES string of the molecule is CC(CCN)CCC(=O)Nc1cccnc1Br. The molecule has 0 bridgehead atoms. The second-order valence-electron chi connectivity index (χ2n) is 4.11. The number of anilines is 1. The van der Waals surface area contributed by atoms with Crippen molar-refractivity contribution in [1.82, 2.24) is 4.98 Å². The number of aromatic nitrogens is 1. The second kappa shape index (κ2) is 7.40. The van der Waals surface area contributed by atoms with Crippen LogP contribution in [-0.2, 0) is 4.79 Å². The molecular formula is C12H18BrN3O. The number of carbonyl (C=O) groups excluding carboxylic acids is 1. The van der Waals surface area contributed by atoms with Crippen LogP contribution in [0.4, 0.5) is 5.69 Å². The number of amides is 1. The van der Waals surface area contributed by atoms with E-state index in [9.17, 15) is 4.79 Å². The molecule has 1 unspecified atom stereocenters. The molecule has 0 aliphatic heterocycles. The molecule has 1 atom stereocenters. The largest absolute Gasteiger partial charge is 0.330 e. The molecule has 17 heavy (non-hydrogen) atoms. The van der Waals surface area contributed by atoms with E-state index in [2.05, 4.69) is 33.2 Å². The fraction of sp³-hybridized carbons (Fsp3) is 0.500. The summed E-state index contributed by atoms with van der Waals surface area (Å²) in [5.74, 6) is 0.505. The van der Waals surface area contributed by atoms with Crippen LogP contribution in [0.15, 0.2) is 22.9 Å². The number of nitrogens with two attached hydrogens (primary N) is 1. The van der Waals surface area contributed by atoms with Gasteiger partial charge < -0.3 is 11.1 Å². The molecule has 1 rings (SSSR count). The molecule has 0 saturated carbocycles. The third-order valence-corrected chi connectivity index (χ3v) is 3.19. The van der Waals surface area contributed by atoms with Crippen molar-refractivity contribution in [1.29, 1.82) is 0 Å². The molecule has 0 saturated heterocycles. The molecule has 0 spiro atoms. The zero-order valence-corrected chi connectivity index (χ0v) is 11.5. The van der Waals surface area contributed by atoms with Gasteiger partial charge in [-0.3, -0.25) is 4.79 Å². The molecule has 1 amide bonds. The maximum absolute atomic E-state index is 11.7. The van der Waals surface area contributed by atoms with E-state index in [4.69, 9.17) is 5.73 Å². The van der Waals surface area contributed by atoms with Crippen molar-refractivity contribution in [3.63, 3.8) is 0 Å². The summed E-state index contributed by atoms with van der Waals surface area (Å²) in [6.45, 7) is 2.79. The number of hydrogen-bond donors (Lipinski definition) is 2. The number of hydrogen-bond acceptors (Lipinski definition) is 3. The third-order valence-electron chi connectivity index (χ3n) is 2.56. The minimum atomic E-state index is 0.0163. The standard InChI is InChI=1S/C12H18BrN3O/c1-9(6-7-14)4-5-11(17)16-10-3-2-8-15-12(10)13/h2-3,8-9H,4-7,14H2,1H3,(H,16,17). The van der Waals surface area contributed by atoms with Crippen molar-refractivity contribution in [3.8, 4) is 0 Å². The summed E-state index contributed by atoms with van der Waals surface area (Å²) in [6.07, 6.45) is 4.01. The van der Waals surface area contributed by atoms with Gasteiger partial charge in [0.25, 0.3) is 0 Å². The Bertz CT molecular complexity index is 371. The van der Waals surface area contributed by atoms with Crippen LogP contribution in [0.3, 0.4) is 0 Å². The molecule has 0 aliphatic rings. The highest BCUT2D eigenvalue weighted by Gasteiger charge is 2.08. The van der Waals surface area contributed by atoms with E-state index in [-0.39, 0.29) is 5.91 Å². The van der Waals surface area contributed by atoms with Crippen molar-refractivity contribution in [2.45, 2.75) is 26.2 Å². The van der Waals surface area contributed by atoms with Crippen LogP contribution < -0.4 is 11.1 Å². The smallest absolute Gasteiger partial charge is 0.224 e. The summed E-state index contributed by atoms with van der Waals surface area (Å²) >= 11 is 3.29. The Morgan fingerprint density at radius 1 is 1.59 bits per heavy atom. The van der Waals surface area contributed by atoms with Crippen molar-refractivity contribution in [3.05, 3.63) is 22.9 Å². The first-order valence-electron chi connectivity index (χ1n) is 5.74. The fourth-order valence-electron chi connectivity index (χ4n) is 1.50. The maximum Gasteiger partial charge on any atom is 0.224 e. The van der Waals surface area contributed by atoms with E-state index >= 15 is 0 Å². The highest BCUT2D eigenvalue weighted by atomic mass is 79.9. The van der Waals surface area contributed by atoms with Crippen LogP contribution in [0.1, 0.15) is 26.2 Å². The van der Waals surface area contributed by atoms with E-state index < -0.39 is 0 Å². The number of carbonyl (C=O) groups is 1. The van der Waals surface area contributed by atoms with Gasteiger partial charge in [0.2, 0.25) is 5.91 Å². The van der Waals surface area contributed by atoms with Crippen LogP contribution in [0.5, 0.6) is 0 Å². The molecule has 1 aromatic rings. The Hall–Kier alpha value is -0.940. The zero-order valence-electron chi connectivity index (χ0n) is 9.95. The fourth-order valence-corrected chi connectivity index (χ4v) is 1.85. The summed E-state index contributed by atoms with van der Waals surface area (Å²) in [6, 6.07) is 3.61. The molecule has 0 radical (unpaired) electrons. The topological polar surface area (TPSA) is 68.0 Å². The molecule has 4 nitrogen and oxygen atoms in total. The van der Waals surface area contributed by atoms with Crippen molar-refractivity contribution in [2.24, 2.45) is 11.7 Å². The quantitative estimate of drug-likeness (QED) is 0.793. The van der Waals surface area contributed by atoms with Gasteiger partial charge in [0, 0.05) is 12.6 Å². The van der Waals surface area contributed by atoms with Crippen molar-refractivity contribution < 1.29 is 4.79 Å². The predicted octanol–water partition coefficient (Wildman–Crippen LogP) is 2.55. The summed E-state index contributed by atoms with van der Waals surface area (Å²) < 4.78 is 0.656. The highest BCUT2D eigenvalue weighted by molar-refractivity contribution is 9.10. The summed E-state index contributed by atoms with van der Waals surface area (Å²) in [5, 5.41) is 2.83. The van der Waals surface area contributed by atoms with Crippen molar-refractivity contribution in [2.75, 3.05) is 11.9 Å². The van der Waals surface area contributed by atoms with E-state index in [1.54, 1.807) is 12.3 Å². The molecule has 3 N–H and O–H groups in total. The minimum absolute atomic E-state index is 0.0163. The van der Waals surface area contributed by atoms with Gasteiger partial charge in [-0.1, -0.05) is 6.92 Å². The predicted molar refractivity (Wildman–Crippen MR) is 72.6 cm³/mol. The lowest BCUT2D eigenvalue weighted by Crippen LogP contribution is -2.14. The first-order chi connectivity index (χ1) is 8.13. The number of pyridine rings is 1. The van der Waals surface area contributed by atoms with Gasteiger partial charge in [-0.05, 0) is 53.4 Å². The normalized spacial score (nSPS) is 12.2. The zero-order chi connectivity index (χ0) is 12.7. The molecule has 0 fully saturated rings. The molecule has 5 heteroatoms. The average Bonchev–Trinajstić information content (AvgIpc) is 2.30. The molecule has 94 valence electrons. The Morgan fingerprint density at radius 3 is 3.00 bits per heavy atom. The summed E-state index contributed by atoms with van der Waals surface area (Å²) in [7, 11) is 0. The lowest BCUT2D eigenvalue weighted by molar-refractivity contribution is -0.116. The number of nitrogens with one attached hydrogen (secondary N) is 1. The molecule has 0 aromatic carbocycles. The monoisotopic (exact) mass is 299 g/mol. The van der Waals surface area contributed by atoms with Gasteiger partial charge in [0.15, 0.2) is 0 Å². The van der Waals surface area contributed by atoms with E-state index in [0.717, 1.165) is 12.8 Å². The summed E-state index contributed by atoms with van der Waals surface area (Å²) in [4.78, 5) is 15.7. The molecule has 1 aromatic heterocycles. The first-order valence-corrected chi connectivity index (χ1v) is 6.53. The van der Waals surface area contributed by atoms with Crippen LogP contribution in [0.25, 0.3) is 0 Å². The van der Waals surface area contributed by atoms with Crippen LogP contribution in [0, 0.1) is 5.92 Å². The first kappa shape index (κ1) is 14.1. The molecule has 1 heterocycles. The number of halogens is 1. The van der Waals surface area contributed by atoms with Gasteiger partial charge in [-0.15, -0.1) is 0 Å². The summed E-state index contributed by atoms with van der Waals surface area (Å²) in [5.41, 5.74) is 6.18. The van der Waals surface area contributed by atoms with E-state index in [1.807, 2.05) is 6.07 Å². The molecule has 0 aliphatic carbocycles. The van der Waals surface area contributed by atoms with Crippen LogP contribution >= 0.6 is 15.9 Å². The second-order valence-corrected chi connectivity index (χ2v) is 4.86. The molecular weight excluding hydrogens is 282 g/mol. The lowest BCUT2D eigenvalue weighted by Gasteiger charge is -2.10. The van der Waals surface area contributed by atoms with E-state index in [1.165, 1.54) is 0 Å². The van der Waals surface area contributed by atoms with Gasteiger partial charge in [-0.2, -0.15) is 0 Å². The highest BCUT2D eigenvalue weighted by Crippen LogP contribution is 2.19. The van der Waals surface area contributed by atoms with Crippen LogP contribution in [-0.4, -0.2) is 17.4 Å². The Labute approximate surface area is 110 Å². The van der Waals surface area contributed by atoms with Gasteiger partial charge in [0.1, 0.15) is 4.60 Å². The van der Waals surface area contributed by atoms with Gasteiger partial charge in [0.05, 0.1) is 5.69 Å². The Balaban J connectivity index is 2.37. The van der Waals surface area contributed by atoms with E-state index in [0.29, 0.717) is 29.2 Å².